The molecule has 1 heterocycles. The van der Waals surface area contributed by atoms with Crippen LogP contribution in [-0.4, -0.2) is 25.0 Å². The molecule has 0 atom stereocenters. The van der Waals surface area contributed by atoms with Gasteiger partial charge >= 0.3 is 0 Å². The first-order valence-corrected chi connectivity index (χ1v) is 6.14. The summed E-state index contributed by atoms with van der Waals surface area (Å²) in [5.74, 6) is 0.360. The number of hydrogen-bond donors (Lipinski definition) is 1. The molecule has 0 unspecified atom stereocenters. The molecular formula is C15H16N2O3. The highest BCUT2D eigenvalue weighted by atomic mass is 16.5. The standard InChI is InChI=1S/C15H16N2O3/c1-10-8-14(18)13(9-16-10)15(19)17(2)11-4-6-12(20-3)7-5-11/h4-9H,1-3H3,(H,16,18). The number of aromatic amines is 1. The number of anilines is 1. The van der Waals surface area contributed by atoms with Gasteiger partial charge in [0.05, 0.1) is 7.11 Å². The smallest absolute Gasteiger partial charge is 0.263 e. The molecule has 1 aromatic carbocycles. The number of hydrogen-bond acceptors (Lipinski definition) is 3. The molecule has 2 rings (SSSR count). The van der Waals surface area contributed by atoms with E-state index in [9.17, 15) is 9.59 Å². The minimum atomic E-state index is -0.351. The molecule has 1 aromatic heterocycles. The molecule has 1 N–H and O–H groups in total. The summed E-state index contributed by atoms with van der Waals surface area (Å²) in [5.41, 5.74) is 1.25. The number of H-pyrrole nitrogens is 1. The molecule has 0 radical (unpaired) electrons. The van der Waals surface area contributed by atoms with Crippen molar-refractivity contribution in [3.05, 3.63) is 58.0 Å². The number of nitrogens with zero attached hydrogens (tertiary/aromatic N) is 1. The fourth-order valence-electron chi connectivity index (χ4n) is 1.84. The van der Waals surface area contributed by atoms with Crippen LogP contribution in [0.5, 0.6) is 5.75 Å². The molecule has 0 bridgehead atoms. The van der Waals surface area contributed by atoms with Crippen molar-refractivity contribution in [2.75, 3.05) is 19.1 Å². The molecule has 0 aliphatic carbocycles. The van der Waals surface area contributed by atoms with Crippen molar-refractivity contribution in [2.24, 2.45) is 0 Å². The number of aryl methyl sites for hydroxylation is 1. The van der Waals surface area contributed by atoms with Gasteiger partial charge in [-0.05, 0) is 31.2 Å². The normalized spacial score (nSPS) is 10.2. The Balaban J connectivity index is 2.29. The molecule has 0 aliphatic heterocycles. The first-order chi connectivity index (χ1) is 9.52. The van der Waals surface area contributed by atoms with E-state index in [0.717, 1.165) is 5.69 Å². The quantitative estimate of drug-likeness (QED) is 0.929. The number of pyridine rings is 1. The van der Waals surface area contributed by atoms with Crippen LogP contribution in [0.1, 0.15) is 16.1 Å². The summed E-state index contributed by atoms with van der Waals surface area (Å²) >= 11 is 0. The molecule has 0 spiro atoms. The van der Waals surface area contributed by atoms with Gasteiger partial charge in [-0.3, -0.25) is 9.59 Å². The van der Waals surface area contributed by atoms with Gasteiger partial charge in [0.15, 0.2) is 5.43 Å². The summed E-state index contributed by atoms with van der Waals surface area (Å²) in [6.07, 6.45) is 1.44. The van der Waals surface area contributed by atoms with Crippen LogP contribution in [0, 0.1) is 6.92 Å². The zero-order valence-electron chi connectivity index (χ0n) is 11.6. The third-order valence-electron chi connectivity index (χ3n) is 3.05. The van der Waals surface area contributed by atoms with E-state index in [4.69, 9.17) is 4.74 Å². The first-order valence-electron chi connectivity index (χ1n) is 6.14. The van der Waals surface area contributed by atoms with Gasteiger partial charge in [-0.25, -0.2) is 0 Å². The number of carbonyl (C=O) groups excluding carboxylic acids is 1. The van der Waals surface area contributed by atoms with E-state index in [1.54, 1.807) is 45.3 Å². The highest BCUT2D eigenvalue weighted by molar-refractivity contribution is 6.05. The van der Waals surface area contributed by atoms with E-state index in [1.165, 1.54) is 17.2 Å². The van der Waals surface area contributed by atoms with Gasteiger partial charge in [-0.1, -0.05) is 0 Å². The van der Waals surface area contributed by atoms with Crippen LogP contribution >= 0.6 is 0 Å². The second-order valence-electron chi connectivity index (χ2n) is 4.46. The van der Waals surface area contributed by atoms with Crippen molar-refractivity contribution in [3.63, 3.8) is 0 Å². The van der Waals surface area contributed by atoms with Gasteiger partial charge in [-0.15, -0.1) is 0 Å². The molecule has 5 nitrogen and oxygen atoms in total. The predicted octanol–water partition coefficient (Wildman–Crippen LogP) is 1.97. The summed E-state index contributed by atoms with van der Waals surface area (Å²) in [6, 6.07) is 8.46. The van der Waals surface area contributed by atoms with Crippen LogP contribution in [0.2, 0.25) is 0 Å². The van der Waals surface area contributed by atoms with Crippen molar-refractivity contribution >= 4 is 11.6 Å². The number of rotatable bonds is 3. The van der Waals surface area contributed by atoms with Crippen LogP contribution < -0.4 is 15.1 Å². The Morgan fingerprint density at radius 3 is 2.45 bits per heavy atom. The highest BCUT2D eigenvalue weighted by Gasteiger charge is 2.16. The van der Waals surface area contributed by atoms with Crippen LogP contribution in [-0.2, 0) is 0 Å². The van der Waals surface area contributed by atoms with Crippen LogP contribution in [0.4, 0.5) is 5.69 Å². The average Bonchev–Trinajstić information content (AvgIpc) is 2.46. The Morgan fingerprint density at radius 1 is 1.25 bits per heavy atom. The Bertz CT molecular complexity index is 674. The topological polar surface area (TPSA) is 62.4 Å². The van der Waals surface area contributed by atoms with E-state index in [-0.39, 0.29) is 16.9 Å². The molecule has 2 aromatic rings. The van der Waals surface area contributed by atoms with E-state index in [1.807, 2.05) is 0 Å². The Hall–Kier alpha value is -2.56. The van der Waals surface area contributed by atoms with Crippen molar-refractivity contribution < 1.29 is 9.53 Å². The van der Waals surface area contributed by atoms with E-state index in [2.05, 4.69) is 4.98 Å². The second-order valence-corrected chi connectivity index (χ2v) is 4.46. The molecule has 104 valence electrons. The van der Waals surface area contributed by atoms with E-state index >= 15 is 0 Å². The van der Waals surface area contributed by atoms with E-state index in [0.29, 0.717) is 11.4 Å². The second kappa shape index (κ2) is 5.61. The third-order valence-corrected chi connectivity index (χ3v) is 3.05. The average molecular weight is 272 g/mol. The summed E-state index contributed by atoms with van der Waals surface area (Å²) < 4.78 is 5.07. The van der Waals surface area contributed by atoms with Crippen molar-refractivity contribution in [1.82, 2.24) is 4.98 Å². The van der Waals surface area contributed by atoms with Crippen molar-refractivity contribution in [1.29, 1.82) is 0 Å². The number of methoxy groups -OCH3 is 1. The molecule has 0 aliphatic rings. The molecule has 1 amide bonds. The molecule has 0 saturated carbocycles. The van der Waals surface area contributed by atoms with Gasteiger partial charge in [0.2, 0.25) is 0 Å². The fraction of sp³-hybridized carbons (Fsp3) is 0.200. The Kier molecular flexibility index (Phi) is 3.89. The molecule has 5 heteroatoms. The Morgan fingerprint density at radius 2 is 1.90 bits per heavy atom. The maximum atomic E-state index is 12.3. The highest BCUT2D eigenvalue weighted by Crippen LogP contribution is 2.19. The molecular weight excluding hydrogens is 256 g/mol. The van der Waals surface area contributed by atoms with Crippen molar-refractivity contribution in [2.45, 2.75) is 6.92 Å². The Labute approximate surface area is 116 Å². The summed E-state index contributed by atoms with van der Waals surface area (Å²) in [6.45, 7) is 1.77. The lowest BCUT2D eigenvalue weighted by atomic mass is 10.2. The minimum Gasteiger partial charge on any atom is -0.497 e. The lowest BCUT2D eigenvalue weighted by molar-refractivity contribution is 0.0991. The lowest BCUT2D eigenvalue weighted by Crippen LogP contribution is -2.30. The summed E-state index contributed by atoms with van der Waals surface area (Å²) in [7, 11) is 3.21. The van der Waals surface area contributed by atoms with Crippen molar-refractivity contribution in [3.8, 4) is 5.75 Å². The predicted molar refractivity (Wildman–Crippen MR) is 77.5 cm³/mol. The summed E-state index contributed by atoms with van der Waals surface area (Å²) in [5, 5.41) is 0. The van der Waals surface area contributed by atoms with Gasteiger partial charge in [0.25, 0.3) is 5.91 Å². The fourth-order valence-corrected chi connectivity index (χ4v) is 1.84. The minimum absolute atomic E-state index is 0.119. The van der Waals surface area contributed by atoms with Crippen LogP contribution in [0.25, 0.3) is 0 Å². The number of benzene rings is 1. The molecule has 0 saturated heterocycles. The third kappa shape index (κ3) is 2.71. The summed E-state index contributed by atoms with van der Waals surface area (Å²) in [4.78, 5) is 28.4. The van der Waals surface area contributed by atoms with E-state index < -0.39 is 0 Å². The van der Waals surface area contributed by atoms with Crippen LogP contribution in [0.3, 0.4) is 0 Å². The largest absolute Gasteiger partial charge is 0.497 e. The van der Waals surface area contributed by atoms with Crippen LogP contribution in [0.15, 0.2) is 41.3 Å². The molecule has 0 fully saturated rings. The number of nitrogens with one attached hydrogen (secondary N) is 1. The van der Waals surface area contributed by atoms with Gasteiger partial charge in [-0.2, -0.15) is 0 Å². The van der Waals surface area contributed by atoms with Gasteiger partial charge < -0.3 is 14.6 Å². The number of carbonyl (C=O) groups is 1. The van der Waals surface area contributed by atoms with Gasteiger partial charge in [0, 0.05) is 30.7 Å². The van der Waals surface area contributed by atoms with Gasteiger partial charge in [0.1, 0.15) is 11.3 Å². The number of aromatic nitrogens is 1. The SMILES string of the molecule is COc1ccc(N(C)C(=O)c2c[nH]c(C)cc2=O)cc1. The first kappa shape index (κ1) is 13.9. The maximum absolute atomic E-state index is 12.3. The number of ether oxygens (including phenoxy) is 1. The molecule has 20 heavy (non-hydrogen) atoms. The zero-order chi connectivity index (χ0) is 14.7. The maximum Gasteiger partial charge on any atom is 0.263 e. The monoisotopic (exact) mass is 272 g/mol. The lowest BCUT2D eigenvalue weighted by Gasteiger charge is -2.17. The number of amides is 1. The zero-order valence-corrected chi connectivity index (χ0v) is 11.6.